The molecule has 25 heavy (non-hydrogen) atoms. The highest BCUT2D eigenvalue weighted by molar-refractivity contribution is 5.97. The Morgan fingerprint density at radius 3 is 2.68 bits per heavy atom. The summed E-state index contributed by atoms with van der Waals surface area (Å²) < 4.78 is 1.83. The minimum absolute atomic E-state index is 0.0192. The lowest BCUT2D eigenvalue weighted by atomic mass is 10.0. The molecule has 1 aliphatic carbocycles. The summed E-state index contributed by atoms with van der Waals surface area (Å²) in [6.45, 7) is 5.18. The molecular weight excluding hydrogens is 320 g/mol. The van der Waals surface area contributed by atoms with Crippen molar-refractivity contribution in [2.24, 2.45) is 5.92 Å². The summed E-state index contributed by atoms with van der Waals surface area (Å²) in [5.74, 6) is 0.200. The van der Waals surface area contributed by atoms with Crippen molar-refractivity contribution in [2.75, 3.05) is 5.32 Å². The van der Waals surface area contributed by atoms with Gasteiger partial charge in [-0.05, 0) is 41.3 Å². The van der Waals surface area contributed by atoms with Crippen LogP contribution in [0.2, 0.25) is 0 Å². The van der Waals surface area contributed by atoms with Crippen molar-refractivity contribution in [3.05, 3.63) is 24.3 Å². The smallest absolute Gasteiger partial charge is 0.247 e. The zero-order valence-electron chi connectivity index (χ0n) is 14.6. The van der Waals surface area contributed by atoms with E-state index in [1.54, 1.807) is 6.07 Å². The maximum atomic E-state index is 12.5. The zero-order chi connectivity index (χ0) is 18.0. The second-order valence-electron chi connectivity index (χ2n) is 6.67. The van der Waals surface area contributed by atoms with Crippen molar-refractivity contribution in [3.63, 3.8) is 0 Å². The van der Waals surface area contributed by atoms with E-state index in [1.807, 2.05) is 36.7 Å². The van der Waals surface area contributed by atoms with Gasteiger partial charge >= 0.3 is 0 Å². The van der Waals surface area contributed by atoms with Crippen LogP contribution in [0.4, 0.5) is 5.69 Å². The Labute approximate surface area is 146 Å². The average Bonchev–Trinajstić information content (AvgIpc) is 3.29. The Hall–Kier alpha value is -2.77. The highest BCUT2D eigenvalue weighted by Gasteiger charge is 2.28. The maximum absolute atomic E-state index is 12.5. The van der Waals surface area contributed by atoms with Crippen LogP contribution < -0.4 is 10.6 Å². The quantitative estimate of drug-likeness (QED) is 0.833. The number of hydrogen-bond acceptors (Lipinski definition) is 5. The summed E-state index contributed by atoms with van der Waals surface area (Å²) in [5.41, 5.74) is 1.49. The highest BCUT2D eigenvalue weighted by Crippen LogP contribution is 2.36. The number of amides is 2. The summed E-state index contributed by atoms with van der Waals surface area (Å²) in [5, 5.41) is 17.5. The lowest BCUT2D eigenvalue weighted by Crippen LogP contribution is -2.46. The summed E-state index contributed by atoms with van der Waals surface area (Å²) in [4.78, 5) is 23.8. The summed E-state index contributed by atoms with van der Waals surface area (Å²) in [6.07, 6.45) is 2.17. The molecule has 0 bridgehead atoms. The Balaban J connectivity index is 1.78. The molecule has 1 fully saturated rings. The second-order valence-corrected chi connectivity index (χ2v) is 6.67. The minimum atomic E-state index is -0.585. The molecule has 0 aliphatic heterocycles. The Kier molecular flexibility index (Phi) is 4.78. The van der Waals surface area contributed by atoms with E-state index in [2.05, 4.69) is 26.2 Å². The molecule has 132 valence electrons. The van der Waals surface area contributed by atoms with Crippen molar-refractivity contribution in [3.8, 4) is 11.4 Å². The molecule has 1 saturated carbocycles. The number of carbonyl (C=O) groups is 2. The summed E-state index contributed by atoms with van der Waals surface area (Å²) >= 11 is 0. The molecule has 1 unspecified atom stereocenters. The molecule has 3 rings (SSSR count). The van der Waals surface area contributed by atoms with Crippen LogP contribution in [-0.4, -0.2) is 38.1 Å². The van der Waals surface area contributed by atoms with Crippen LogP contribution in [0.3, 0.4) is 0 Å². The second kappa shape index (κ2) is 7.00. The normalized spacial score (nSPS) is 15.0. The van der Waals surface area contributed by atoms with Gasteiger partial charge in [0.25, 0.3) is 0 Å². The molecule has 2 N–H and O–H groups in total. The van der Waals surface area contributed by atoms with Gasteiger partial charge in [-0.25, -0.2) is 4.68 Å². The fourth-order valence-corrected chi connectivity index (χ4v) is 2.66. The monoisotopic (exact) mass is 342 g/mol. The molecule has 1 aliphatic rings. The maximum Gasteiger partial charge on any atom is 0.247 e. The van der Waals surface area contributed by atoms with E-state index in [0.717, 1.165) is 18.4 Å². The third kappa shape index (κ3) is 4.01. The first-order valence-electron chi connectivity index (χ1n) is 8.42. The lowest BCUT2D eigenvalue weighted by molar-refractivity contribution is -0.126. The number of benzene rings is 1. The number of anilines is 1. The number of tetrazole rings is 1. The van der Waals surface area contributed by atoms with Crippen molar-refractivity contribution >= 4 is 17.5 Å². The molecule has 1 heterocycles. The SMILES string of the molecule is CC(=O)NC(C(=O)Nc1cccc(-c2nnnn2C2CC2)c1)C(C)C. The number of nitrogens with zero attached hydrogens (tertiary/aromatic N) is 4. The molecule has 1 atom stereocenters. The van der Waals surface area contributed by atoms with E-state index < -0.39 is 6.04 Å². The summed E-state index contributed by atoms with van der Waals surface area (Å²) in [6, 6.07) is 7.19. The van der Waals surface area contributed by atoms with E-state index in [1.165, 1.54) is 6.92 Å². The molecular formula is C17H22N6O2. The topological polar surface area (TPSA) is 102 Å². The summed E-state index contributed by atoms with van der Waals surface area (Å²) in [7, 11) is 0. The van der Waals surface area contributed by atoms with Gasteiger partial charge in [-0.15, -0.1) is 5.10 Å². The fraction of sp³-hybridized carbons (Fsp3) is 0.471. The third-order valence-corrected chi connectivity index (χ3v) is 4.08. The van der Waals surface area contributed by atoms with Gasteiger partial charge in [0, 0.05) is 18.2 Å². The molecule has 2 amide bonds. The molecule has 0 saturated heterocycles. The van der Waals surface area contributed by atoms with Crippen LogP contribution >= 0.6 is 0 Å². The van der Waals surface area contributed by atoms with Crippen LogP contribution in [0, 0.1) is 5.92 Å². The molecule has 2 aromatic rings. The first-order valence-corrected chi connectivity index (χ1v) is 8.42. The first-order chi connectivity index (χ1) is 12.0. The molecule has 8 nitrogen and oxygen atoms in total. The number of hydrogen-bond donors (Lipinski definition) is 2. The van der Waals surface area contributed by atoms with Gasteiger partial charge < -0.3 is 10.6 Å². The minimum Gasteiger partial charge on any atom is -0.344 e. The van der Waals surface area contributed by atoms with Crippen LogP contribution in [0.5, 0.6) is 0 Å². The number of nitrogens with one attached hydrogen (secondary N) is 2. The van der Waals surface area contributed by atoms with Crippen LogP contribution in [0.1, 0.15) is 39.7 Å². The van der Waals surface area contributed by atoms with E-state index in [-0.39, 0.29) is 17.7 Å². The van der Waals surface area contributed by atoms with Gasteiger partial charge in [-0.1, -0.05) is 26.0 Å². The molecule has 1 aromatic carbocycles. The highest BCUT2D eigenvalue weighted by atomic mass is 16.2. The third-order valence-electron chi connectivity index (χ3n) is 4.08. The van der Waals surface area contributed by atoms with E-state index in [0.29, 0.717) is 17.6 Å². The van der Waals surface area contributed by atoms with Crippen LogP contribution in [-0.2, 0) is 9.59 Å². The molecule has 8 heteroatoms. The van der Waals surface area contributed by atoms with E-state index >= 15 is 0 Å². The van der Waals surface area contributed by atoms with Crippen molar-refractivity contribution < 1.29 is 9.59 Å². The van der Waals surface area contributed by atoms with E-state index in [4.69, 9.17) is 0 Å². The van der Waals surface area contributed by atoms with Gasteiger partial charge in [0.2, 0.25) is 11.8 Å². The lowest BCUT2D eigenvalue weighted by Gasteiger charge is -2.21. The first kappa shape index (κ1) is 17.1. The van der Waals surface area contributed by atoms with Gasteiger partial charge in [0.05, 0.1) is 6.04 Å². The van der Waals surface area contributed by atoms with E-state index in [9.17, 15) is 9.59 Å². The molecule has 0 radical (unpaired) electrons. The molecule has 1 aromatic heterocycles. The Bertz CT molecular complexity index is 781. The average molecular weight is 342 g/mol. The van der Waals surface area contributed by atoms with Crippen molar-refractivity contribution in [1.82, 2.24) is 25.5 Å². The van der Waals surface area contributed by atoms with Crippen LogP contribution in [0.25, 0.3) is 11.4 Å². The zero-order valence-corrected chi connectivity index (χ0v) is 14.6. The van der Waals surface area contributed by atoms with Gasteiger partial charge in [0.15, 0.2) is 5.82 Å². The van der Waals surface area contributed by atoms with Gasteiger partial charge in [-0.2, -0.15) is 0 Å². The van der Waals surface area contributed by atoms with Crippen LogP contribution in [0.15, 0.2) is 24.3 Å². The van der Waals surface area contributed by atoms with Gasteiger partial charge in [0.1, 0.15) is 6.04 Å². The largest absolute Gasteiger partial charge is 0.344 e. The van der Waals surface area contributed by atoms with Gasteiger partial charge in [-0.3, -0.25) is 9.59 Å². The number of aromatic nitrogens is 4. The predicted octanol–water partition coefficient (Wildman–Crippen LogP) is 1.77. The standard InChI is InChI=1S/C17H22N6O2/c1-10(2)15(18-11(3)24)17(25)19-13-6-4-5-12(9-13)16-20-21-22-23(16)14-7-8-14/h4-6,9-10,14-15H,7-8H2,1-3H3,(H,18,24)(H,19,25). The Morgan fingerprint density at radius 2 is 2.04 bits per heavy atom. The number of rotatable bonds is 6. The Morgan fingerprint density at radius 1 is 1.28 bits per heavy atom. The predicted molar refractivity (Wildman–Crippen MR) is 92.6 cm³/mol. The molecule has 0 spiro atoms. The van der Waals surface area contributed by atoms with Crippen molar-refractivity contribution in [1.29, 1.82) is 0 Å². The van der Waals surface area contributed by atoms with Crippen molar-refractivity contribution in [2.45, 2.75) is 45.7 Å². The number of carbonyl (C=O) groups excluding carboxylic acids is 2. The fourth-order valence-electron chi connectivity index (χ4n) is 2.66.